The Hall–Kier alpha value is -1.93. The first-order valence-electron chi connectivity index (χ1n) is 5.72. The molecule has 1 aromatic carbocycles. The van der Waals surface area contributed by atoms with Crippen LogP contribution in [0.15, 0.2) is 37.8 Å². The van der Waals surface area contributed by atoms with Gasteiger partial charge in [-0.25, -0.2) is 4.39 Å². The number of hydrogen-bond donors (Lipinski definition) is 2. The number of aliphatic hydroxyl groups excluding tert-OH is 1. The quantitative estimate of drug-likeness (QED) is 0.819. The fraction of sp³-hybridized carbons (Fsp3) is 0.250. The fourth-order valence-electron chi connectivity index (χ4n) is 1.66. The third-order valence-electron chi connectivity index (χ3n) is 2.58. The minimum atomic E-state index is -1.00. The molecule has 0 aliphatic rings. The molecule has 1 aromatic heterocycles. The Kier molecular flexibility index (Phi) is 4.05. The van der Waals surface area contributed by atoms with E-state index in [9.17, 15) is 19.1 Å². The SMILES string of the molecule is C[C@H](O)c1c(F)cccc1Sc1nc(=O)c(=O)[nH]n1C. The van der Waals surface area contributed by atoms with Crippen molar-refractivity contribution in [3.05, 3.63) is 50.3 Å². The summed E-state index contributed by atoms with van der Waals surface area (Å²) in [7, 11) is 1.51. The van der Waals surface area contributed by atoms with E-state index in [0.29, 0.717) is 4.90 Å². The van der Waals surface area contributed by atoms with Crippen molar-refractivity contribution in [1.29, 1.82) is 0 Å². The standard InChI is InChI=1S/C12H12FN3O3S/c1-6(17)9-7(13)4-3-5-8(9)20-12-14-10(18)11(19)15-16(12)2/h3-6,17H,1-2H3,(H,15,19)/t6-/m0/s1. The molecule has 0 aliphatic carbocycles. The molecule has 0 bridgehead atoms. The summed E-state index contributed by atoms with van der Waals surface area (Å²) in [6.45, 7) is 1.45. The lowest BCUT2D eigenvalue weighted by atomic mass is 10.1. The van der Waals surface area contributed by atoms with E-state index < -0.39 is 23.0 Å². The third-order valence-corrected chi connectivity index (χ3v) is 3.70. The number of aliphatic hydroxyl groups is 1. The van der Waals surface area contributed by atoms with Crippen LogP contribution >= 0.6 is 11.8 Å². The van der Waals surface area contributed by atoms with E-state index in [4.69, 9.17) is 0 Å². The summed E-state index contributed by atoms with van der Waals surface area (Å²) in [5, 5.41) is 12.1. The van der Waals surface area contributed by atoms with Crippen molar-refractivity contribution in [2.24, 2.45) is 7.05 Å². The van der Waals surface area contributed by atoms with E-state index in [0.717, 1.165) is 11.8 Å². The highest BCUT2D eigenvalue weighted by atomic mass is 32.2. The Labute approximate surface area is 117 Å². The Morgan fingerprint density at radius 2 is 2.15 bits per heavy atom. The molecular formula is C12H12FN3O3S. The summed E-state index contributed by atoms with van der Waals surface area (Å²) in [5.41, 5.74) is -1.62. The molecule has 8 heteroatoms. The predicted octanol–water partition coefficient (Wildman–Crippen LogP) is 0.812. The average molecular weight is 297 g/mol. The molecule has 0 fully saturated rings. The molecule has 0 saturated carbocycles. The number of aryl methyl sites for hydroxylation is 1. The maximum Gasteiger partial charge on any atom is 0.339 e. The van der Waals surface area contributed by atoms with Gasteiger partial charge in [0.1, 0.15) is 5.82 Å². The van der Waals surface area contributed by atoms with Gasteiger partial charge in [0.2, 0.25) is 0 Å². The van der Waals surface area contributed by atoms with Gasteiger partial charge in [0, 0.05) is 17.5 Å². The van der Waals surface area contributed by atoms with Crippen LogP contribution in [0.3, 0.4) is 0 Å². The van der Waals surface area contributed by atoms with Crippen molar-refractivity contribution in [1.82, 2.24) is 14.8 Å². The number of halogens is 1. The summed E-state index contributed by atoms with van der Waals surface area (Å²) in [6.07, 6.45) is -1.00. The maximum absolute atomic E-state index is 13.7. The van der Waals surface area contributed by atoms with Crippen LogP contribution in [0.25, 0.3) is 0 Å². The number of hydrogen-bond acceptors (Lipinski definition) is 5. The third kappa shape index (κ3) is 2.81. The maximum atomic E-state index is 13.7. The number of rotatable bonds is 3. The number of nitrogens with one attached hydrogen (secondary N) is 1. The van der Waals surface area contributed by atoms with E-state index >= 15 is 0 Å². The first-order valence-corrected chi connectivity index (χ1v) is 6.53. The van der Waals surface area contributed by atoms with Gasteiger partial charge in [0.15, 0.2) is 5.16 Å². The van der Waals surface area contributed by atoms with Gasteiger partial charge in [-0.05, 0) is 30.8 Å². The molecule has 20 heavy (non-hydrogen) atoms. The second-order valence-electron chi connectivity index (χ2n) is 4.13. The molecule has 0 aliphatic heterocycles. The molecule has 1 atom stereocenters. The average Bonchev–Trinajstić information content (AvgIpc) is 2.35. The molecule has 6 nitrogen and oxygen atoms in total. The van der Waals surface area contributed by atoms with Crippen molar-refractivity contribution in [2.75, 3.05) is 0 Å². The molecule has 2 N–H and O–H groups in total. The van der Waals surface area contributed by atoms with Gasteiger partial charge in [-0.1, -0.05) is 6.07 Å². The van der Waals surface area contributed by atoms with Gasteiger partial charge in [-0.3, -0.25) is 19.4 Å². The summed E-state index contributed by atoms with van der Waals surface area (Å²) >= 11 is 0.988. The Morgan fingerprint density at radius 1 is 1.45 bits per heavy atom. The van der Waals surface area contributed by atoms with Gasteiger partial charge in [0.25, 0.3) is 0 Å². The fourth-order valence-corrected chi connectivity index (χ4v) is 2.69. The van der Waals surface area contributed by atoms with E-state index in [1.165, 1.54) is 30.8 Å². The molecule has 2 aromatic rings. The van der Waals surface area contributed by atoms with Crippen LogP contribution in [0.2, 0.25) is 0 Å². The zero-order valence-corrected chi connectivity index (χ0v) is 11.6. The van der Waals surface area contributed by atoms with Crippen LogP contribution in [0.1, 0.15) is 18.6 Å². The first-order chi connectivity index (χ1) is 9.40. The van der Waals surface area contributed by atoms with Crippen LogP contribution in [0, 0.1) is 5.82 Å². The highest BCUT2D eigenvalue weighted by Crippen LogP contribution is 2.32. The Balaban J connectivity index is 2.51. The molecule has 106 valence electrons. The summed E-state index contributed by atoms with van der Waals surface area (Å²) < 4.78 is 15.0. The normalized spacial score (nSPS) is 12.4. The molecule has 0 radical (unpaired) electrons. The second kappa shape index (κ2) is 5.59. The minimum absolute atomic E-state index is 0.123. The largest absolute Gasteiger partial charge is 0.389 e. The van der Waals surface area contributed by atoms with Gasteiger partial charge >= 0.3 is 11.1 Å². The molecular weight excluding hydrogens is 285 g/mol. The number of aromatic nitrogens is 3. The summed E-state index contributed by atoms with van der Waals surface area (Å²) in [4.78, 5) is 26.4. The van der Waals surface area contributed by atoms with Gasteiger partial charge < -0.3 is 5.11 Å². The van der Waals surface area contributed by atoms with E-state index in [-0.39, 0.29) is 10.7 Å². The zero-order chi connectivity index (χ0) is 14.9. The van der Waals surface area contributed by atoms with Crippen molar-refractivity contribution in [3.8, 4) is 0 Å². The van der Waals surface area contributed by atoms with Crippen LogP contribution in [0.4, 0.5) is 4.39 Å². The zero-order valence-electron chi connectivity index (χ0n) is 10.8. The van der Waals surface area contributed by atoms with E-state index in [2.05, 4.69) is 10.1 Å². The first kappa shape index (κ1) is 14.5. The number of H-pyrrole nitrogens is 1. The Bertz CT molecular complexity index is 754. The predicted molar refractivity (Wildman–Crippen MR) is 71.3 cm³/mol. The van der Waals surface area contributed by atoms with Crippen LogP contribution in [-0.2, 0) is 7.05 Å². The van der Waals surface area contributed by atoms with Gasteiger partial charge in [-0.2, -0.15) is 4.98 Å². The van der Waals surface area contributed by atoms with Crippen molar-refractivity contribution in [3.63, 3.8) is 0 Å². The van der Waals surface area contributed by atoms with Crippen molar-refractivity contribution >= 4 is 11.8 Å². The number of benzene rings is 1. The molecule has 0 amide bonds. The van der Waals surface area contributed by atoms with Gasteiger partial charge in [-0.15, -0.1) is 0 Å². The lowest BCUT2D eigenvalue weighted by Crippen LogP contribution is -2.33. The summed E-state index contributed by atoms with van der Waals surface area (Å²) in [5.74, 6) is -0.542. The van der Waals surface area contributed by atoms with Crippen LogP contribution < -0.4 is 11.1 Å². The number of aromatic amines is 1. The molecule has 1 heterocycles. The Morgan fingerprint density at radius 3 is 2.80 bits per heavy atom. The molecule has 0 spiro atoms. The second-order valence-corrected chi connectivity index (χ2v) is 5.14. The molecule has 2 rings (SSSR count). The van der Waals surface area contributed by atoms with Crippen LogP contribution in [0.5, 0.6) is 0 Å². The molecule has 0 unspecified atom stereocenters. The summed E-state index contributed by atoms with van der Waals surface area (Å²) in [6, 6.07) is 4.34. The van der Waals surface area contributed by atoms with Crippen molar-refractivity contribution in [2.45, 2.75) is 23.1 Å². The topological polar surface area (TPSA) is 88.0 Å². The lowest BCUT2D eigenvalue weighted by molar-refractivity contribution is 0.191. The monoisotopic (exact) mass is 297 g/mol. The highest BCUT2D eigenvalue weighted by Gasteiger charge is 2.16. The van der Waals surface area contributed by atoms with Gasteiger partial charge in [0.05, 0.1) is 6.10 Å². The smallest absolute Gasteiger partial charge is 0.339 e. The minimum Gasteiger partial charge on any atom is -0.389 e. The van der Waals surface area contributed by atoms with Crippen molar-refractivity contribution < 1.29 is 9.50 Å². The highest BCUT2D eigenvalue weighted by molar-refractivity contribution is 7.99. The number of nitrogens with zero attached hydrogens (tertiary/aromatic N) is 2. The lowest BCUT2D eigenvalue weighted by Gasteiger charge is -2.13. The van der Waals surface area contributed by atoms with Crippen LogP contribution in [-0.4, -0.2) is 19.9 Å². The van der Waals surface area contributed by atoms with E-state index in [1.807, 2.05) is 0 Å². The van der Waals surface area contributed by atoms with E-state index in [1.54, 1.807) is 6.07 Å². The molecule has 0 saturated heterocycles.